The highest BCUT2D eigenvalue weighted by Crippen LogP contribution is 2.26. The third-order valence-corrected chi connectivity index (χ3v) is 3.76. The lowest BCUT2D eigenvalue weighted by molar-refractivity contribution is -0.118. The van der Waals surface area contributed by atoms with Gasteiger partial charge in [-0.1, -0.05) is 18.2 Å². The third kappa shape index (κ3) is 2.98. The SMILES string of the molecule is O=C(NCCN1C(=O)CCc2ccccc21)c1ccncc1. The van der Waals surface area contributed by atoms with E-state index in [-0.39, 0.29) is 11.8 Å². The number of nitrogens with one attached hydrogen (secondary N) is 1. The van der Waals surface area contributed by atoms with Gasteiger partial charge >= 0.3 is 0 Å². The van der Waals surface area contributed by atoms with Gasteiger partial charge < -0.3 is 10.2 Å². The summed E-state index contributed by atoms with van der Waals surface area (Å²) in [6.45, 7) is 0.897. The molecule has 0 unspecified atom stereocenters. The fraction of sp³-hybridized carbons (Fsp3) is 0.235. The Morgan fingerprint density at radius 3 is 2.73 bits per heavy atom. The van der Waals surface area contributed by atoms with Crippen LogP contribution >= 0.6 is 0 Å². The number of para-hydroxylation sites is 1. The summed E-state index contributed by atoms with van der Waals surface area (Å²) in [5.41, 5.74) is 2.71. The van der Waals surface area contributed by atoms with E-state index in [1.165, 1.54) is 5.56 Å². The first kappa shape index (κ1) is 14.3. The maximum atomic E-state index is 12.1. The predicted octanol–water partition coefficient (Wildman–Crippen LogP) is 1.79. The number of fused-ring (bicyclic) bond motifs is 1. The summed E-state index contributed by atoms with van der Waals surface area (Å²) in [6, 6.07) is 11.2. The molecule has 0 radical (unpaired) electrons. The van der Waals surface area contributed by atoms with Crippen LogP contribution in [0.1, 0.15) is 22.3 Å². The molecule has 0 spiro atoms. The Labute approximate surface area is 129 Å². The van der Waals surface area contributed by atoms with Crippen LogP contribution in [0.3, 0.4) is 0 Å². The van der Waals surface area contributed by atoms with Crippen LogP contribution in [0.15, 0.2) is 48.8 Å². The van der Waals surface area contributed by atoms with Crippen molar-refractivity contribution in [2.75, 3.05) is 18.0 Å². The zero-order chi connectivity index (χ0) is 15.4. The molecule has 1 aliphatic heterocycles. The zero-order valence-corrected chi connectivity index (χ0v) is 12.2. The monoisotopic (exact) mass is 295 g/mol. The van der Waals surface area contributed by atoms with Crippen molar-refractivity contribution in [1.29, 1.82) is 0 Å². The zero-order valence-electron chi connectivity index (χ0n) is 12.2. The second-order valence-electron chi connectivity index (χ2n) is 5.17. The number of anilines is 1. The molecule has 1 aromatic heterocycles. The topological polar surface area (TPSA) is 62.3 Å². The smallest absolute Gasteiger partial charge is 0.251 e. The number of aromatic nitrogens is 1. The van der Waals surface area contributed by atoms with Gasteiger partial charge in [0, 0.05) is 43.2 Å². The Kier molecular flexibility index (Phi) is 4.14. The molecule has 0 saturated heterocycles. The van der Waals surface area contributed by atoms with Crippen LogP contribution in [0, 0.1) is 0 Å². The van der Waals surface area contributed by atoms with E-state index in [9.17, 15) is 9.59 Å². The second-order valence-corrected chi connectivity index (χ2v) is 5.17. The number of benzene rings is 1. The lowest BCUT2D eigenvalue weighted by Crippen LogP contribution is -2.41. The molecule has 112 valence electrons. The summed E-state index contributed by atoms with van der Waals surface area (Å²) in [5.74, 6) is -0.0444. The van der Waals surface area contributed by atoms with Crippen molar-refractivity contribution in [3.8, 4) is 0 Å². The molecule has 0 bridgehead atoms. The molecule has 5 nitrogen and oxygen atoms in total. The molecule has 0 saturated carbocycles. The molecule has 22 heavy (non-hydrogen) atoms. The number of hydrogen-bond donors (Lipinski definition) is 1. The van der Waals surface area contributed by atoms with Crippen LogP contribution in [0.5, 0.6) is 0 Å². The van der Waals surface area contributed by atoms with Crippen LogP contribution in [0.25, 0.3) is 0 Å². The van der Waals surface area contributed by atoms with Crippen LogP contribution in [0.4, 0.5) is 5.69 Å². The highest BCUT2D eigenvalue weighted by atomic mass is 16.2. The fourth-order valence-corrected chi connectivity index (χ4v) is 2.63. The fourth-order valence-electron chi connectivity index (χ4n) is 2.63. The lowest BCUT2D eigenvalue weighted by Gasteiger charge is -2.29. The first-order valence-electron chi connectivity index (χ1n) is 7.32. The second kappa shape index (κ2) is 6.39. The first-order chi connectivity index (χ1) is 10.8. The van der Waals surface area contributed by atoms with Gasteiger partial charge in [-0.25, -0.2) is 0 Å². The van der Waals surface area contributed by atoms with E-state index in [0.29, 0.717) is 25.1 Å². The van der Waals surface area contributed by atoms with E-state index in [2.05, 4.69) is 10.3 Å². The van der Waals surface area contributed by atoms with Gasteiger partial charge in [-0.05, 0) is 30.2 Å². The Morgan fingerprint density at radius 2 is 1.91 bits per heavy atom. The average molecular weight is 295 g/mol. The van der Waals surface area contributed by atoms with E-state index in [1.807, 2.05) is 24.3 Å². The average Bonchev–Trinajstić information content (AvgIpc) is 2.57. The molecule has 2 amide bonds. The van der Waals surface area contributed by atoms with Crippen molar-refractivity contribution in [1.82, 2.24) is 10.3 Å². The van der Waals surface area contributed by atoms with E-state index < -0.39 is 0 Å². The minimum Gasteiger partial charge on any atom is -0.350 e. The minimum absolute atomic E-state index is 0.108. The molecule has 0 atom stereocenters. The molecule has 2 heterocycles. The van der Waals surface area contributed by atoms with Gasteiger partial charge in [-0.2, -0.15) is 0 Å². The largest absolute Gasteiger partial charge is 0.350 e. The summed E-state index contributed by atoms with van der Waals surface area (Å²) in [6.07, 6.45) is 4.48. The maximum absolute atomic E-state index is 12.1. The number of carbonyl (C=O) groups excluding carboxylic acids is 2. The van der Waals surface area contributed by atoms with Gasteiger partial charge in [0.1, 0.15) is 0 Å². The lowest BCUT2D eigenvalue weighted by atomic mass is 10.0. The van der Waals surface area contributed by atoms with Gasteiger partial charge in [-0.15, -0.1) is 0 Å². The molecular weight excluding hydrogens is 278 g/mol. The number of nitrogens with zero attached hydrogens (tertiary/aromatic N) is 2. The van der Waals surface area contributed by atoms with Crippen LogP contribution < -0.4 is 10.2 Å². The number of rotatable bonds is 4. The number of pyridine rings is 1. The standard InChI is InChI=1S/C17H17N3O2/c21-16-6-5-13-3-1-2-4-15(13)20(16)12-11-19-17(22)14-7-9-18-10-8-14/h1-4,7-10H,5-6,11-12H2,(H,19,22). The maximum Gasteiger partial charge on any atom is 0.251 e. The van der Waals surface area contributed by atoms with Crippen molar-refractivity contribution in [3.63, 3.8) is 0 Å². The van der Waals surface area contributed by atoms with Crippen LogP contribution in [0.2, 0.25) is 0 Å². The van der Waals surface area contributed by atoms with Gasteiger partial charge in [0.2, 0.25) is 5.91 Å². The van der Waals surface area contributed by atoms with E-state index in [4.69, 9.17) is 0 Å². The molecule has 0 aliphatic carbocycles. The number of carbonyl (C=O) groups is 2. The van der Waals surface area contributed by atoms with E-state index in [1.54, 1.807) is 29.4 Å². The molecule has 1 N–H and O–H groups in total. The van der Waals surface area contributed by atoms with Gasteiger partial charge in [-0.3, -0.25) is 14.6 Å². The Hall–Kier alpha value is -2.69. The number of aryl methyl sites for hydroxylation is 1. The van der Waals surface area contributed by atoms with Crippen LogP contribution in [-0.4, -0.2) is 29.9 Å². The summed E-state index contributed by atoms with van der Waals surface area (Å²) < 4.78 is 0. The molecule has 2 aromatic rings. The molecule has 5 heteroatoms. The quantitative estimate of drug-likeness (QED) is 0.935. The summed E-state index contributed by atoms with van der Waals surface area (Å²) in [7, 11) is 0. The number of amides is 2. The summed E-state index contributed by atoms with van der Waals surface area (Å²) in [5, 5.41) is 2.84. The third-order valence-electron chi connectivity index (χ3n) is 3.76. The Bertz CT molecular complexity index is 685. The van der Waals surface area contributed by atoms with E-state index in [0.717, 1.165) is 12.1 Å². The van der Waals surface area contributed by atoms with Gasteiger partial charge in [0.15, 0.2) is 0 Å². The predicted molar refractivity (Wildman–Crippen MR) is 83.7 cm³/mol. The molecule has 1 aromatic carbocycles. The van der Waals surface area contributed by atoms with Crippen molar-refractivity contribution in [2.24, 2.45) is 0 Å². The number of hydrogen-bond acceptors (Lipinski definition) is 3. The van der Waals surface area contributed by atoms with Crippen molar-refractivity contribution in [3.05, 3.63) is 59.9 Å². The van der Waals surface area contributed by atoms with Gasteiger partial charge in [0.25, 0.3) is 5.91 Å². The van der Waals surface area contributed by atoms with Crippen molar-refractivity contribution < 1.29 is 9.59 Å². The summed E-state index contributed by atoms with van der Waals surface area (Å²) in [4.78, 5) is 29.7. The van der Waals surface area contributed by atoms with E-state index >= 15 is 0 Å². The Morgan fingerprint density at radius 1 is 1.14 bits per heavy atom. The van der Waals surface area contributed by atoms with Crippen molar-refractivity contribution >= 4 is 17.5 Å². The molecule has 0 fully saturated rings. The van der Waals surface area contributed by atoms with Crippen LogP contribution in [-0.2, 0) is 11.2 Å². The molecular formula is C17H17N3O2. The first-order valence-corrected chi connectivity index (χ1v) is 7.32. The highest BCUT2D eigenvalue weighted by molar-refractivity contribution is 5.97. The summed E-state index contributed by atoms with van der Waals surface area (Å²) >= 11 is 0. The van der Waals surface area contributed by atoms with Crippen molar-refractivity contribution in [2.45, 2.75) is 12.8 Å². The Balaban J connectivity index is 1.62. The normalized spacial score (nSPS) is 13.6. The van der Waals surface area contributed by atoms with Gasteiger partial charge in [0.05, 0.1) is 0 Å². The minimum atomic E-state index is -0.153. The highest BCUT2D eigenvalue weighted by Gasteiger charge is 2.23. The molecule has 1 aliphatic rings. The molecule has 3 rings (SSSR count).